The molecule has 20 heavy (non-hydrogen) atoms. The van der Waals surface area contributed by atoms with Crippen molar-refractivity contribution in [1.29, 1.82) is 0 Å². The number of nitrogens with zero attached hydrogens (tertiary/aromatic N) is 3. The van der Waals surface area contributed by atoms with E-state index in [1.165, 1.54) is 0 Å². The average molecular weight is 271 g/mol. The van der Waals surface area contributed by atoms with Crippen molar-refractivity contribution in [2.75, 3.05) is 0 Å². The van der Waals surface area contributed by atoms with E-state index in [-0.39, 0.29) is 11.2 Å². The van der Waals surface area contributed by atoms with Gasteiger partial charge >= 0.3 is 7.12 Å². The molecule has 1 aliphatic rings. The van der Waals surface area contributed by atoms with Gasteiger partial charge in [-0.15, -0.1) is 0 Å². The summed E-state index contributed by atoms with van der Waals surface area (Å²) in [5.74, 6) is 0. The third-order valence-corrected chi connectivity index (χ3v) is 3.99. The minimum absolute atomic E-state index is 0.367. The number of benzene rings is 1. The normalized spacial score (nSPS) is 20.3. The summed E-state index contributed by atoms with van der Waals surface area (Å²) in [6.45, 7) is 8.09. The molecule has 0 bridgehead atoms. The standard InChI is InChI=1S/C14H18BN3O2/c1-13(2)14(3,4)20-15(19-13)12-10-16-18(17-12)11-8-6-5-7-9-11/h5-10H,1-4H3. The Morgan fingerprint density at radius 3 is 2.20 bits per heavy atom. The lowest BCUT2D eigenvalue weighted by Gasteiger charge is -2.32. The van der Waals surface area contributed by atoms with Gasteiger partial charge < -0.3 is 9.31 Å². The quantitative estimate of drug-likeness (QED) is 0.778. The Bertz CT molecular complexity index is 594. The molecule has 1 fully saturated rings. The Balaban J connectivity index is 1.86. The molecule has 0 radical (unpaired) electrons. The second-order valence-electron chi connectivity index (χ2n) is 5.98. The van der Waals surface area contributed by atoms with E-state index in [9.17, 15) is 0 Å². The molecule has 0 spiro atoms. The van der Waals surface area contributed by atoms with Crippen LogP contribution < -0.4 is 5.59 Å². The summed E-state index contributed by atoms with van der Waals surface area (Å²) in [6, 6.07) is 9.77. The first-order chi connectivity index (χ1) is 9.39. The highest BCUT2D eigenvalue weighted by Crippen LogP contribution is 2.36. The molecule has 1 saturated heterocycles. The summed E-state index contributed by atoms with van der Waals surface area (Å²) in [5.41, 5.74) is 0.866. The summed E-state index contributed by atoms with van der Waals surface area (Å²) < 4.78 is 11.9. The number of aromatic nitrogens is 3. The van der Waals surface area contributed by atoms with E-state index in [0.29, 0.717) is 5.59 Å². The molecule has 1 aromatic heterocycles. The van der Waals surface area contributed by atoms with Gasteiger partial charge in [0.15, 0.2) is 0 Å². The summed E-state index contributed by atoms with van der Waals surface area (Å²) in [4.78, 5) is 1.58. The molecular formula is C14H18BN3O2. The largest absolute Gasteiger partial charge is 0.518 e. The molecule has 0 amide bonds. The molecule has 2 heterocycles. The van der Waals surface area contributed by atoms with Gasteiger partial charge in [-0.3, -0.25) is 0 Å². The van der Waals surface area contributed by atoms with E-state index in [0.717, 1.165) is 5.69 Å². The molecule has 0 unspecified atom stereocenters. The topological polar surface area (TPSA) is 49.2 Å². The van der Waals surface area contributed by atoms with E-state index in [4.69, 9.17) is 9.31 Å². The zero-order chi connectivity index (χ0) is 14.4. The van der Waals surface area contributed by atoms with Crippen LogP contribution in [0.3, 0.4) is 0 Å². The minimum Gasteiger partial charge on any atom is -0.398 e. The first kappa shape index (κ1) is 13.3. The summed E-state index contributed by atoms with van der Waals surface area (Å²) in [7, 11) is -0.475. The van der Waals surface area contributed by atoms with Gasteiger partial charge in [0.2, 0.25) is 0 Å². The maximum absolute atomic E-state index is 5.96. The Morgan fingerprint density at radius 2 is 1.60 bits per heavy atom. The molecule has 0 N–H and O–H groups in total. The second-order valence-corrected chi connectivity index (χ2v) is 5.98. The van der Waals surface area contributed by atoms with Crippen LogP contribution in [0.1, 0.15) is 27.7 Å². The number of para-hydroxylation sites is 1. The van der Waals surface area contributed by atoms with Gasteiger partial charge in [0, 0.05) is 0 Å². The fourth-order valence-corrected chi connectivity index (χ4v) is 2.03. The Morgan fingerprint density at radius 1 is 1.00 bits per heavy atom. The molecule has 104 valence electrons. The smallest absolute Gasteiger partial charge is 0.398 e. The van der Waals surface area contributed by atoms with E-state index < -0.39 is 7.12 Å². The Kier molecular flexibility index (Phi) is 2.95. The molecule has 1 aromatic carbocycles. The van der Waals surface area contributed by atoms with Gasteiger partial charge in [-0.25, -0.2) is 0 Å². The van der Waals surface area contributed by atoms with Crippen LogP contribution in [0.2, 0.25) is 0 Å². The zero-order valence-electron chi connectivity index (χ0n) is 12.2. The third-order valence-electron chi connectivity index (χ3n) is 3.99. The van der Waals surface area contributed by atoms with Crippen LogP contribution in [-0.4, -0.2) is 33.3 Å². The first-order valence-electron chi connectivity index (χ1n) is 6.72. The number of rotatable bonds is 2. The lowest BCUT2D eigenvalue weighted by molar-refractivity contribution is 0.00578. The van der Waals surface area contributed by atoms with Crippen molar-refractivity contribution >= 4 is 12.7 Å². The Hall–Kier alpha value is -1.66. The van der Waals surface area contributed by atoms with Crippen LogP contribution in [0.4, 0.5) is 0 Å². The van der Waals surface area contributed by atoms with Crippen molar-refractivity contribution in [1.82, 2.24) is 15.0 Å². The molecule has 3 rings (SSSR count). The molecule has 0 atom stereocenters. The van der Waals surface area contributed by atoms with Crippen molar-refractivity contribution in [3.8, 4) is 5.69 Å². The van der Waals surface area contributed by atoms with E-state index in [2.05, 4.69) is 10.2 Å². The van der Waals surface area contributed by atoms with Crippen molar-refractivity contribution in [3.05, 3.63) is 36.5 Å². The predicted octanol–water partition coefficient (Wildman–Crippen LogP) is 1.57. The minimum atomic E-state index is -0.475. The highest BCUT2D eigenvalue weighted by molar-refractivity contribution is 6.61. The molecule has 0 aliphatic carbocycles. The monoisotopic (exact) mass is 271 g/mol. The number of hydrogen-bond acceptors (Lipinski definition) is 4. The molecule has 5 nitrogen and oxygen atoms in total. The number of hydrogen-bond donors (Lipinski definition) is 0. The van der Waals surface area contributed by atoms with Crippen LogP contribution in [0.25, 0.3) is 5.69 Å². The maximum Gasteiger partial charge on any atom is 0.518 e. The molecule has 2 aromatic rings. The van der Waals surface area contributed by atoms with Crippen LogP contribution in [0.15, 0.2) is 36.5 Å². The van der Waals surface area contributed by atoms with E-state index in [1.54, 1.807) is 11.0 Å². The van der Waals surface area contributed by atoms with Gasteiger partial charge in [-0.1, -0.05) is 18.2 Å². The maximum atomic E-state index is 5.96. The van der Waals surface area contributed by atoms with Gasteiger partial charge in [0.25, 0.3) is 0 Å². The van der Waals surface area contributed by atoms with E-state index in [1.807, 2.05) is 58.0 Å². The van der Waals surface area contributed by atoms with Crippen molar-refractivity contribution in [2.24, 2.45) is 0 Å². The predicted molar refractivity (Wildman–Crippen MR) is 77.1 cm³/mol. The van der Waals surface area contributed by atoms with Crippen molar-refractivity contribution < 1.29 is 9.31 Å². The molecule has 6 heteroatoms. The zero-order valence-corrected chi connectivity index (χ0v) is 12.2. The van der Waals surface area contributed by atoms with Gasteiger partial charge in [0.05, 0.1) is 23.1 Å². The van der Waals surface area contributed by atoms with Crippen LogP contribution >= 0.6 is 0 Å². The van der Waals surface area contributed by atoms with Crippen molar-refractivity contribution in [3.63, 3.8) is 0 Å². The molecular weight excluding hydrogens is 253 g/mol. The van der Waals surface area contributed by atoms with Gasteiger partial charge in [0.1, 0.15) is 5.59 Å². The Labute approximate surface area is 119 Å². The fourth-order valence-electron chi connectivity index (χ4n) is 2.03. The lowest BCUT2D eigenvalue weighted by Crippen LogP contribution is -2.41. The fraction of sp³-hybridized carbons (Fsp3) is 0.429. The second kappa shape index (κ2) is 4.43. The highest BCUT2D eigenvalue weighted by Gasteiger charge is 2.52. The summed E-state index contributed by atoms with van der Waals surface area (Å²) in [6.07, 6.45) is 1.69. The molecule has 0 saturated carbocycles. The lowest BCUT2D eigenvalue weighted by atomic mass is 9.86. The van der Waals surface area contributed by atoms with E-state index >= 15 is 0 Å². The summed E-state index contributed by atoms with van der Waals surface area (Å²) >= 11 is 0. The first-order valence-corrected chi connectivity index (χ1v) is 6.72. The van der Waals surface area contributed by atoms with Crippen molar-refractivity contribution in [2.45, 2.75) is 38.9 Å². The average Bonchev–Trinajstić information content (AvgIpc) is 2.94. The van der Waals surface area contributed by atoms with Crippen LogP contribution in [0.5, 0.6) is 0 Å². The van der Waals surface area contributed by atoms with Crippen LogP contribution in [0, 0.1) is 0 Å². The van der Waals surface area contributed by atoms with Gasteiger partial charge in [-0.2, -0.15) is 15.0 Å². The summed E-state index contributed by atoms with van der Waals surface area (Å²) in [5, 5.41) is 8.72. The highest BCUT2D eigenvalue weighted by atomic mass is 16.7. The SMILES string of the molecule is CC1(C)OB(c2cnn(-c3ccccc3)n2)OC1(C)C. The molecule has 1 aliphatic heterocycles. The third kappa shape index (κ3) is 2.15. The van der Waals surface area contributed by atoms with Gasteiger partial charge in [-0.05, 0) is 39.8 Å². The van der Waals surface area contributed by atoms with Crippen LogP contribution in [-0.2, 0) is 9.31 Å².